The van der Waals surface area contributed by atoms with E-state index in [4.69, 9.17) is 26.5 Å². The zero-order chi connectivity index (χ0) is 42.5. The molecule has 5 aromatic rings. The average Bonchev–Trinajstić information content (AvgIpc) is 3.60. The highest BCUT2D eigenvalue weighted by atomic mass is 31.2. The average molecular weight is 827 g/mol. The summed E-state index contributed by atoms with van der Waals surface area (Å²) < 4.78 is 40.8. The summed E-state index contributed by atoms with van der Waals surface area (Å²) in [5.74, 6) is 1.51. The summed E-state index contributed by atoms with van der Waals surface area (Å²) in [6.07, 6.45) is 3.55. The van der Waals surface area contributed by atoms with Gasteiger partial charge in [-0.05, 0) is 93.9 Å². The van der Waals surface area contributed by atoms with Crippen LogP contribution >= 0.6 is 16.8 Å². The standard InChI is InChI=1S/C50H68O6P2/c1-17-31-23-35(43(39(27-31)47(5,6)7)53-57-51-21-22-52-57)36-24-32(18-2)28-40(48(8,9)10)44(36)54-58-55-45-37(25-33(19-3)29-41(45)49(11,12)13)38-26-34(20-4)30-42(46(38)56-58)50(14,15)16/h23-30H,17-22H2,1-16H3. The van der Waals surface area contributed by atoms with Gasteiger partial charge in [0.2, 0.25) is 0 Å². The van der Waals surface area contributed by atoms with Gasteiger partial charge < -0.3 is 26.5 Å². The second kappa shape index (κ2) is 16.6. The van der Waals surface area contributed by atoms with Crippen LogP contribution in [0.3, 0.4) is 0 Å². The molecule has 58 heavy (non-hydrogen) atoms. The number of rotatable bonds is 9. The Morgan fingerprint density at radius 2 is 0.776 bits per heavy atom. The Hall–Kier alpha value is -3.27. The lowest BCUT2D eigenvalue weighted by Crippen LogP contribution is -2.15. The molecule has 314 valence electrons. The van der Waals surface area contributed by atoms with Gasteiger partial charge in [0.15, 0.2) is 0 Å². The summed E-state index contributed by atoms with van der Waals surface area (Å²) in [5.41, 5.74) is 12.1. The first kappa shape index (κ1) is 44.3. The minimum Gasteiger partial charge on any atom is -0.426 e. The van der Waals surface area contributed by atoms with Crippen LogP contribution in [-0.4, -0.2) is 13.2 Å². The lowest BCUT2D eigenvalue weighted by Gasteiger charge is -2.29. The molecule has 6 rings (SSSR count). The Balaban J connectivity index is 1.79. The SMILES string of the molecule is CCc1cc(-c2cc(CC)cc(C(C)(C)C)c2Op2oc3c(C(C)(C)C)cc(CC)cc3c3cc(CC)cc(C(C)(C)C)c3o2)c(OP2OCCO2)c(C(C)(C)C)c1. The molecule has 0 bridgehead atoms. The number of benzene rings is 4. The molecule has 1 fully saturated rings. The Morgan fingerprint density at radius 3 is 1.12 bits per heavy atom. The van der Waals surface area contributed by atoms with Crippen LogP contribution in [0.15, 0.2) is 56.9 Å². The van der Waals surface area contributed by atoms with E-state index in [2.05, 4.69) is 159 Å². The molecule has 6 nitrogen and oxygen atoms in total. The molecule has 8 heteroatoms. The first-order valence-electron chi connectivity index (χ1n) is 21.4. The van der Waals surface area contributed by atoms with E-state index >= 15 is 0 Å². The minimum absolute atomic E-state index is 0.205. The van der Waals surface area contributed by atoms with E-state index in [1.165, 1.54) is 22.3 Å². The summed E-state index contributed by atoms with van der Waals surface area (Å²) in [7, 11) is -3.60. The molecular formula is C50H68O6P2. The predicted molar refractivity (Wildman–Crippen MR) is 246 cm³/mol. The number of hydrogen-bond acceptors (Lipinski definition) is 6. The van der Waals surface area contributed by atoms with Crippen LogP contribution in [-0.2, 0) is 56.4 Å². The number of fused-ring (bicyclic) bond motifs is 3. The van der Waals surface area contributed by atoms with Gasteiger partial charge in [-0.15, -0.1) is 0 Å². The molecule has 0 aliphatic carbocycles. The van der Waals surface area contributed by atoms with Gasteiger partial charge in [-0.25, -0.2) is 0 Å². The van der Waals surface area contributed by atoms with E-state index in [-0.39, 0.29) is 21.7 Å². The van der Waals surface area contributed by atoms with Crippen molar-refractivity contribution in [3.8, 4) is 22.6 Å². The van der Waals surface area contributed by atoms with Crippen molar-refractivity contribution in [2.24, 2.45) is 0 Å². The molecule has 1 saturated heterocycles. The zero-order valence-electron chi connectivity index (χ0n) is 38.2. The molecule has 0 unspecified atom stereocenters. The molecule has 0 spiro atoms. The van der Waals surface area contributed by atoms with Crippen molar-refractivity contribution in [3.05, 3.63) is 93.0 Å². The fraction of sp³-hybridized carbons (Fsp3) is 0.520. The Bertz CT molecular complexity index is 2250. The second-order valence-electron chi connectivity index (χ2n) is 20.0. The second-order valence-corrected chi connectivity index (χ2v) is 22.1. The maximum absolute atomic E-state index is 7.47. The first-order chi connectivity index (χ1) is 27.1. The van der Waals surface area contributed by atoms with Crippen LogP contribution in [0.2, 0.25) is 0 Å². The number of aryl methyl sites for hydroxylation is 4. The van der Waals surface area contributed by atoms with E-state index in [1.54, 1.807) is 0 Å². The Labute approximate surface area is 351 Å². The van der Waals surface area contributed by atoms with E-state index < -0.39 is 16.8 Å². The Morgan fingerprint density at radius 1 is 0.448 bits per heavy atom. The van der Waals surface area contributed by atoms with Crippen LogP contribution in [0.5, 0.6) is 11.5 Å². The predicted octanol–water partition coefficient (Wildman–Crippen LogP) is 15.9. The summed E-state index contributed by atoms with van der Waals surface area (Å²) >= 11 is 0. The van der Waals surface area contributed by atoms with Crippen LogP contribution in [0.4, 0.5) is 0 Å². The van der Waals surface area contributed by atoms with Crippen molar-refractivity contribution < 1.29 is 26.5 Å². The van der Waals surface area contributed by atoms with Gasteiger partial charge in [0.1, 0.15) is 22.7 Å². The molecule has 4 aromatic carbocycles. The number of hydrogen-bond donors (Lipinski definition) is 0. The quantitative estimate of drug-likeness (QED) is 0.138. The maximum atomic E-state index is 7.47. The molecule has 1 aromatic heterocycles. The summed E-state index contributed by atoms with van der Waals surface area (Å²) in [6, 6.07) is 18.4. The molecule has 0 amide bonds. The van der Waals surface area contributed by atoms with Crippen LogP contribution < -0.4 is 9.05 Å². The molecule has 0 N–H and O–H groups in total. The van der Waals surface area contributed by atoms with Crippen molar-refractivity contribution >= 4 is 38.8 Å². The Kier molecular flexibility index (Phi) is 12.7. The first-order valence-corrected chi connectivity index (χ1v) is 23.5. The molecule has 2 heterocycles. The summed E-state index contributed by atoms with van der Waals surface area (Å²) in [5, 5.41) is 2.12. The third-order valence-corrected chi connectivity index (χ3v) is 13.3. The smallest absolute Gasteiger partial charge is 0.426 e. The zero-order valence-corrected chi connectivity index (χ0v) is 40.0. The summed E-state index contributed by atoms with van der Waals surface area (Å²) in [4.78, 5) is 0. The van der Waals surface area contributed by atoms with Gasteiger partial charge >= 0.3 is 16.8 Å². The van der Waals surface area contributed by atoms with Crippen LogP contribution in [0, 0.1) is 0 Å². The maximum Gasteiger partial charge on any atom is 0.453 e. The highest BCUT2D eigenvalue weighted by Crippen LogP contribution is 2.55. The van der Waals surface area contributed by atoms with E-state index in [0.29, 0.717) is 13.2 Å². The molecule has 0 saturated carbocycles. The van der Waals surface area contributed by atoms with Gasteiger partial charge in [0.25, 0.3) is 0 Å². The van der Waals surface area contributed by atoms with Crippen LogP contribution in [0.25, 0.3) is 33.1 Å². The van der Waals surface area contributed by atoms with Gasteiger partial charge in [-0.2, -0.15) is 0 Å². The monoisotopic (exact) mass is 826 g/mol. The lowest BCUT2D eigenvalue weighted by atomic mass is 9.80. The van der Waals surface area contributed by atoms with Crippen LogP contribution in [0.1, 0.15) is 155 Å². The highest BCUT2D eigenvalue weighted by molar-refractivity contribution is 7.42. The third kappa shape index (κ3) is 9.22. The van der Waals surface area contributed by atoms with E-state index in [9.17, 15) is 0 Å². The van der Waals surface area contributed by atoms with Gasteiger partial charge in [-0.1, -0.05) is 135 Å². The topological polar surface area (TPSA) is 63.2 Å². The van der Waals surface area contributed by atoms with Gasteiger partial charge in [0.05, 0.1) is 13.2 Å². The van der Waals surface area contributed by atoms with E-state index in [1.807, 2.05) is 0 Å². The van der Waals surface area contributed by atoms with E-state index in [0.717, 1.165) is 92.5 Å². The summed E-state index contributed by atoms with van der Waals surface area (Å²) in [6.45, 7) is 36.9. The fourth-order valence-electron chi connectivity index (χ4n) is 7.66. The molecule has 1 aliphatic heterocycles. The molecule has 0 atom stereocenters. The van der Waals surface area contributed by atoms with Crippen molar-refractivity contribution in [2.45, 2.75) is 158 Å². The normalized spacial score (nSPS) is 14.5. The molecular weight excluding hydrogens is 758 g/mol. The molecule has 1 aliphatic rings. The lowest BCUT2D eigenvalue weighted by molar-refractivity contribution is 0.350. The minimum atomic E-state index is -2.04. The van der Waals surface area contributed by atoms with Gasteiger partial charge in [-0.3, -0.25) is 0 Å². The van der Waals surface area contributed by atoms with Crippen molar-refractivity contribution in [3.63, 3.8) is 0 Å². The van der Waals surface area contributed by atoms with Crippen molar-refractivity contribution in [2.75, 3.05) is 13.2 Å². The van der Waals surface area contributed by atoms with Crippen molar-refractivity contribution in [1.29, 1.82) is 0 Å². The molecule has 0 radical (unpaired) electrons. The van der Waals surface area contributed by atoms with Gasteiger partial charge in [0, 0.05) is 44.2 Å². The fourth-order valence-corrected chi connectivity index (χ4v) is 9.78. The third-order valence-electron chi connectivity index (χ3n) is 11.2. The largest absolute Gasteiger partial charge is 0.453 e. The van der Waals surface area contributed by atoms with Crippen molar-refractivity contribution in [1.82, 2.24) is 0 Å². The highest BCUT2D eigenvalue weighted by Gasteiger charge is 2.33.